The summed E-state index contributed by atoms with van der Waals surface area (Å²) in [6, 6.07) is 0. The smallest absolute Gasteiger partial charge is 0.110 e. The summed E-state index contributed by atoms with van der Waals surface area (Å²) in [6.45, 7) is 11.1. The molecule has 0 radical (unpaired) electrons. The molecule has 1 aliphatic heterocycles. The van der Waals surface area contributed by atoms with Gasteiger partial charge < -0.3 is 4.90 Å². The molecule has 74 valence electrons. The number of nitrogens with zero attached hydrogens (tertiary/aromatic N) is 1. The minimum absolute atomic E-state index is 0.144. The molecule has 0 saturated heterocycles. The van der Waals surface area contributed by atoms with Gasteiger partial charge in [-0.2, -0.15) is 0 Å². The molecule has 0 aliphatic carbocycles. The van der Waals surface area contributed by atoms with Crippen LogP contribution in [0.5, 0.6) is 0 Å². The Kier molecular flexibility index (Phi) is 2.81. The molecular formula is C11H18IN. The lowest BCUT2D eigenvalue weighted by Gasteiger charge is -2.42. The van der Waals surface area contributed by atoms with Crippen molar-refractivity contribution in [3.05, 3.63) is 22.4 Å². The van der Waals surface area contributed by atoms with Gasteiger partial charge >= 0.3 is 0 Å². The molecular weight excluding hydrogens is 273 g/mol. The third kappa shape index (κ3) is 1.53. The van der Waals surface area contributed by atoms with E-state index in [1.807, 2.05) is 0 Å². The molecule has 1 heterocycles. The van der Waals surface area contributed by atoms with Crippen molar-refractivity contribution in [2.75, 3.05) is 7.05 Å². The molecule has 0 aromatic heterocycles. The second-order valence-corrected chi connectivity index (χ2v) is 6.07. The van der Waals surface area contributed by atoms with Crippen LogP contribution in [0.15, 0.2) is 22.4 Å². The highest BCUT2D eigenvalue weighted by Gasteiger charge is 2.33. The Bertz CT molecular complexity index is 297. The van der Waals surface area contributed by atoms with E-state index in [2.05, 4.69) is 69.2 Å². The molecule has 1 nitrogen and oxygen atoms in total. The van der Waals surface area contributed by atoms with Crippen molar-refractivity contribution in [3.63, 3.8) is 0 Å². The lowest BCUT2D eigenvalue weighted by atomic mass is 9.92. The summed E-state index contributed by atoms with van der Waals surface area (Å²) < 4.78 is 0.144. The maximum Gasteiger partial charge on any atom is 0.110 e. The van der Waals surface area contributed by atoms with Crippen molar-refractivity contribution in [2.45, 2.75) is 38.2 Å². The van der Waals surface area contributed by atoms with Gasteiger partial charge in [0, 0.05) is 12.7 Å². The van der Waals surface area contributed by atoms with Gasteiger partial charge in [0.05, 0.1) is 0 Å². The predicted molar refractivity (Wildman–Crippen MR) is 66.9 cm³/mol. The van der Waals surface area contributed by atoms with Crippen LogP contribution in [0.2, 0.25) is 0 Å². The molecule has 1 rings (SSSR count). The van der Waals surface area contributed by atoms with E-state index < -0.39 is 0 Å². The Labute approximate surface area is 95.0 Å². The van der Waals surface area contributed by atoms with E-state index in [1.54, 1.807) is 0 Å². The second-order valence-electron chi connectivity index (χ2n) is 3.97. The molecule has 0 aromatic carbocycles. The third-order valence-corrected chi connectivity index (χ3v) is 5.02. The third-order valence-electron chi connectivity index (χ3n) is 3.49. The SMILES string of the molecule is CC1=C(C)N(C)C(C)(I)C(C)=C1C. The van der Waals surface area contributed by atoms with Crippen LogP contribution >= 0.6 is 22.6 Å². The van der Waals surface area contributed by atoms with E-state index in [1.165, 1.54) is 22.4 Å². The number of allylic oxidation sites excluding steroid dienone is 3. The van der Waals surface area contributed by atoms with E-state index in [9.17, 15) is 0 Å². The summed E-state index contributed by atoms with van der Waals surface area (Å²) in [5, 5.41) is 0. The highest BCUT2D eigenvalue weighted by atomic mass is 127. The van der Waals surface area contributed by atoms with Crippen LogP contribution in [0, 0.1) is 0 Å². The van der Waals surface area contributed by atoms with Gasteiger partial charge in [0.1, 0.15) is 3.55 Å². The first kappa shape index (κ1) is 11.1. The number of halogens is 1. The average molecular weight is 291 g/mol. The summed E-state index contributed by atoms with van der Waals surface area (Å²) in [5.74, 6) is 0. The fourth-order valence-corrected chi connectivity index (χ4v) is 2.48. The summed E-state index contributed by atoms with van der Waals surface area (Å²) in [5.41, 5.74) is 5.74. The monoisotopic (exact) mass is 291 g/mol. The van der Waals surface area contributed by atoms with Crippen LogP contribution < -0.4 is 0 Å². The van der Waals surface area contributed by atoms with Gasteiger partial charge in [-0.05, 0) is 51.3 Å². The van der Waals surface area contributed by atoms with Gasteiger partial charge in [0.25, 0.3) is 0 Å². The van der Waals surface area contributed by atoms with Crippen molar-refractivity contribution in [1.82, 2.24) is 4.90 Å². The van der Waals surface area contributed by atoms with Crippen LogP contribution in [0.1, 0.15) is 34.6 Å². The first-order chi connectivity index (χ1) is 5.80. The van der Waals surface area contributed by atoms with Gasteiger partial charge in [0.15, 0.2) is 0 Å². The number of alkyl halides is 1. The van der Waals surface area contributed by atoms with Crippen molar-refractivity contribution in [2.24, 2.45) is 0 Å². The summed E-state index contributed by atoms with van der Waals surface area (Å²) in [6.07, 6.45) is 0. The van der Waals surface area contributed by atoms with Crippen molar-refractivity contribution in [1.29, 1.82) is 0 Å². The Morgan fingerprint density at radius 3 is 2.00 bits per heavy atom. The van der Waals surface area contributed by atoms with E-state index in [0.717, 1.165) is 0 Å². The molecule has 0 spiro atoms. The van der Waals surface area contributed by atoms with E-state index in [4.69, 9.17) is 0 Å². The van der Waals surface area contributed by atoms with Crippen LogP contribution in [-0.2, 0) is 0 Å². The highest BCUT2D eigenvalue weighted by Crippen LogP contribution is 2.41. The Morgan fingerprint density at radius 2 is 1.54 bits per heavy atom. The lowest BCUT2D eigenvalue weighted by molar-refractivity contribution is 0.331. The van der Waals surface area contributed by atoms with E-state index in [0.29, 0.717) is 0 Å². The Hall–Kier alpha value is 0.01000. The summed E-state index contributed by atoms with van der Waals surface area (Å²) >= 11 is 2.52. The van der Waals surface area contributed by atoms with Gasteiger partial charge in [-0.1, -0.05) is 22.6 Å². The molecule has 1 atom stereocenters. The zero-order valence-electron chi connectivity index (χ0n) is 9.33. The second kappa shape index (κ2) is 3.30. The molecule has 0 fully saturated rings. The maximum atomic E-state index is 2.52. The molecule has 0 amide bonds. The van der Waals surface area contributed by atoms with Crippen LogP contribution in [-0.4, -0.2) is 15.5 Å². The molecule has 1 unspecified atom stereocenters. The molecule has 2 heteroatoms. The fourth-order valence-electron chi connectivity index (χ4n) is 1.71. The van der Waals surface area contributed by atoms with E-state index in [-0.39, 0.29) is 3.55 Å². The largest absolute Gasteiger partial charge is 0.360 e. The summed E-state index contributed by atoms with van der Waals surface area (Å²) in [4.78, 5) is 2.35. The Morgan fingerprint density at radius 1 is 1.08 bits per heavy atom. The summed E-state index contributed by atoms with van der Waals surface area (Å²) in [7, 11) is 2.17. The minimum atomic E-state index is 0.144. The topological polar surface area (TPSA) is 3.24 Å². The molecule has 0 saturated carbocycles. The van der Waals surface area contributed by atoms with Gasteiger partial charge in [-0.25, -0.2) is 0 Å². The first-order valence-electron chi connectivity index (χ1n) is 4.58. The van der Waals surface area contributed by atoms with Gasteiger partial charge in [-0.15, -0.1) is 0 Å². The number of hydrogen-bond donors (Lipinski definition) is 0. The zero-order chi connectivity index (χ0) is 10.4. The fraction of sp³-hybridized carbons (Fsp3) is 0.636. The highest BCUT2D eigenvalue weighted by molar-refractivity contribution is 14.1. The molecule has 0 N–H and O–H groups in total. The number of hydrogen-bond acceptors (Lipinski definition) is 1. The molecule has 0 aromatic rings. The molecule has 13 heavy (non-hydrogen) atoms. The first-order valence-corrected chi connectivity index (χ1v) is 5.66. The normalized spacial score (nSPS) is 30.2. The maximum absolute atomic E-state index is 2.52. The molecule has 0 bridgehead atoms. The number of rotatable bonds is 0. The van der Waals surface area contributed by atoms with Crippen molar-refractivity contribution >= 4 is 22.6 Å². The average Bonchev–Trinajstić information content (AvgIpc) is 2.09. The quantitative estimate of drug-likeness (QED) is 0.373. The van der Waals surface area contributed by atoms with Crippen LogP contribution in [0.4, 0.5) is 0 Å². The molecule has 1 aliphatic rings. The predicted octanol–water partition coefficient (Wildman–Crippen LogP) is 3.71. The van der Waals surface area contributed by atoms with Gasteiger partial charge in [-0.3, -0.25) is 0 Å². The standard InChI is InChI=1S/C11H18IN/c1-7-8(2)10(4)13(6)11(5,12)9(7)3/h1-6H3. The van der Waals surface area contributed by atoms with Crippen molar-refractivity contribution in [3.8, 4) is 0 Å². The van der Waals surface area contributed by atoms with Crippen molar-refractivity contribution < 1.29 is 0 Å². The Balaban J connectivity index is 3.32. The zero-order valence-corrected chi connectivity index (χ0v) is 11.5. The minimum Gasteiger partial charge on any atom is -0.360 e. The van der Waals surface area contributed by atoms with E-state index >= 15 is 0 Å². The number of likely N-dealkylation sites (N-methyl/N-ethyl adjacent to an activating group) is 1. The van der Waals surface area contributed by atoms with Crippen LogP contribution in [0.3, 0.4) is 0 Å². The van der Waals surface area contributed by atoms with Crippen LogP contribution in [0.25, 0.3) is 0 Å². The van der Waals surface area contributed by atoms with Gasteiger partial charge in [0.2, 0.25) is 0 Å². The lowest BCUT2D eigenvalue weighted by Crippen LogP contribution is -2.41.